The van der Waals surface area contributed by atoms with Gasteiger partial charge in [0.05, 0.1) is 0 Å². The monoisotopic (exact) mass is 301 g/mol. The summed E-state index contributed by atoms with van der Waals surface area (Å²) in [6.45, 7) is 7.01. The highest BCUT2D eigenvalue weighted by Crippen LogP contribution is 2.28. The molecule has 0 aliphatic carbocycles. The highest BCUT2D eigenvalue weighted by molar-refractivity contribution is 9.09. The van der Waals surface area contributed by atoms with E-state index in [1.54, 1.807) is 0 Å². The van der Waals surface area contributed by atoms with Gasteiger partial charge in [-0.3, -0.25) is 4.90 Å². The zero-order valence-corrected chi connectivity index (χ0v) is 12.5. The minimum Gasteiger partial charge on any atom is -0.294 e. The second-order valence-corrected chi connectivity index (χ2v) is 6.58. The average Bonchev–Trinajstić information content (AvgIpc) is 2.86. The molecule has 1 nitrogen and oxygen atoms in total. The van der Waals surface area contributed by atoms with Crippen LogP contribution in [0.25, 0.3) is 0 Å². The first-order valence-electron chi connectivity index (χ1n) is 6.12. The van der Waals surface area contributed by atoms with E-state index in [0.29, 0.717) is 0 Å². The zero-order chi connectivity index (χ0) is 11.5. The largest absolute Gasteiger partial charge is 0.294 e. The molecule has 1 fully saturated rings. The van der Waals surface area contributed by atoms with E-state index in [-0.39, 0.29) is 0 Å². The molecule has 3 heteroatoms. The number of rotatable bonds is 4. The van der Waals surface area contributed by atoms with Gasteiger partial charge in [-0.2, -0.15) is 0 Å². The summed E-state index contributed by atoms with van der Waals surface area (Å²) >= 11 is 5.63. The molecule has 0 aromatic carbocycles. The SMILES string of the molecule is CCc1ccc(CN2CCC(C)C2CBr)s1. The summed E-state index contributed by atoms with van der Waals surface area (Å²) in [7, 11) is 0. The van der Waals surface area contributed by atoms with Crippen LogP contribution in [0.2, 0.25) is 0 Å². The number of thiophene rings is 1. The summed E-state index contributed by atoms with van der Waals surface area (Å²) in [4.78, 5) is 5.67. The lowest BCUT2D eigenvalue weighted by molar-refractivity contribution is 0.246. The maximum absolute atomic E-state index is 3.65. The van der Waals surface area contributed by atoms with Crippen molar-refractivity contribution in [1.29, 1.82) is 0 Å². The highest BCUT2D eigenvalue weighted by atomic mass is 79.9. The van der Waals surface area contributed by atoms with Gasteiger partial charge in [-0.15, -0.1) is 11.3 Å². The number of hydrogen-bond donors (Lipinski definition) is 0. The molecule has 2 unspecified atom stereocenters. The van der Waals surface area contributed by atoms with Crippen LogP contribution in [0.5, 0.6) is 0 Å². The number of alkyl halides is 1. The molecular formula is C13H20BrNS. The third kappa shape index (κ3) is 2.69. The van der Waals surface area contributed by atoms with E-state index in [1.807, 2.05) is 11.3 Å². The first-order chi connectivity index (χ1) is 7.74. The molecule has 1 aromatic rings. The van der Waals surface area contributed by atoms with Crippen molar-refractivity contribution >= 4 is 27.3 Å². The molecular weight excluding hydrogens is 282 g/mol. The van der Waals surface area contributed by atoms with E-state index in [0.717, 1.165) is 23.8 Å². The lowest BCUT2D eigenvalue weighted by atomic mass is 10.1. The Morgan fingerprint density at radius 2 is 2.19 bits per heavy atom. The molecule has 2 heterocycles. The van der Waals surface area contributed by atoms with Crippen LogP contribution in [-0.2, 0) is 13.0 Å². The maximum Gasteiger partial charge on any atom is 0.0331 e. The van der Waals surface area contributed by atoms with Gasteiger partial charge >= 0.3 is 0 Å². The van der Waals surface area contributed by atoms with Crippen LogP contribution in [0.4, 0.5) is 0 Å². The summed E-state index contributed by atoms with van der Waals surface area (Å²) in [6.07, 6.45) is 2.52. The van der Waals surface area contributed by atoms with Crippen molar-refractivity contribution in [3.05, 3.63) is 21.9 Å². The Labute approximate surface area is 111 Å². The van der Waals surface area contributed by atoms with E-state index in [1.165, 1.54) is 29.1 Å². The van der Waals surface area contributed by atoms with Crippen LogP contribution in [0.3, 0.4) is 0 Å². The fourth-order valence-corrected chi connectivity index (χ4v) is 4.46. The average molecular weight is 302 g/mol. The lowest BCUT2D eigenvalue weighted by Gasteiger charge is -2.24. The van der Waals surface area contributed by atoms with Crippen molar-refractivity contribution in [3.8, 4) is 0 Å². The number of halogens is 1. The van der Waals surface area contributed by atoms with Crippen LogP contribution in [0.15, 0.2) is 12.1 Å². The minimum absolute atomic E-state index is 0.729. The van der Waals surface area contributed by atoms with E-state index in [2.05, 4.69) is 46.8 Å². The van der Waals surface area contributed by atoms with E-state index >= 15 is 0 Å². The van der Waals surface area contributed by atoms with Crippen LogP contribution >= 0.6 is 27.3 Å². The fraction of sp³-hybridized carbons (Fsp3) is 0.692. The van der Waals surface area contributed by atoms with Gasteiger partial charge in [0, 0.05) is 27.7 Å². The molecule has 2 atom stereocenters. The lowest BCUT2D eigenvalue weighted by Crippen LogP contribution is -2.32. The molecule has 0 bridgehead atoms. The summed E-state index contributed by atoms with van der Waals surface area (Å²) in [5, 5.41) is 1.11. The molecule has 90 valence electrons. The second-order valence-electron chi connectivity index (χ2n) is 4.68. The quantitative estimate of drug-likeness (QED) is 0.762. The minimum atomic E-state index is 0.729. The third-order valence-electron chi connectivity index (χ3n) is 3.58. The highest BCUT2D eigenvalue weighted by Gasteiger charge is 2.30. The molecule has 16 heavy (non-hydrogen) atoms. The summed E-state index contributed by atoms with van der Waals surface area (Å²) in [6, 6.07) is 5.31. The van der Waals surface area contributed by atoms with Crippen molar-refractivity contribution in [2.75, 3.05) is 11.9 Å². The molecule has 0 spiro atoms. The Morgan fingerprint density at radius 3 is 2.81 bits per heavy atom. The number of nitrogens with zero attached hydrogens (tertiary/aromatic N) is 1. The van der Waals surface area contributed by atoms with Crippen LogP contribution in [0.1, 0.15) is 30.0 Å². The van der Waals surface area contributed by atoms with Gasteiger partial charge in [-0.1, -0.05) is 29.8 Å². The van der Waals surface area contributed by atoms with Crippen LogP contribution in [-0.4, -0.2) is 22.8 Å². The van der Waals surface area contributed by atoms with Crippen molar-refractivity contribution in [2.24, 2.45) is 5.92 Å². The van der Waals surface area contributed by atoms with E-state index < -0.39 is 0 Å². The van der Waals surface area contributed by atoms with Gasteiger partial charge in [0.15, 0.2) is 0 Å². The Hall–Kier alpha value is 0.140. The Bertz CT molecular complexity index is 336. The number of likely N-dealkylation sites (tertiary alicyclic amines) is 1. The topological polar surface area (TPSA) is 3.24 Å². The fourth-order valence-electron chi connectivity index (χ4n) is 2.43. The van der Waals surface area contributed by atoms with Crippen molar-refractivity contribution in [3.63, 3.8) is 0 Å². The van der Waals surface area contributed by atoms with Gasteiger partial charge in [0.25, 0.3) is 0 Å². The van der Waals surface area contributed by atoms with Crippen LogP contribution < -0.4 is 0 Å². The first-order valence-corrected chi connectivity index (χ1v) is 8.06. The van der Waals surface area contributed by atoms with Crippen molar-refractivity contribution in [1.82, 2.24) is 4.90 Å². The molecule has 0 radical (unpaired) electrons. The Morgan fingerprint density at radius 1 is 1.44 bits per heavy atom. The Kier molecular flexibility index (Phi) is 4.45. The molecule has 0 amide bonds. The van der Waals surface area contributed by atoms with Crippen molar-refractivity contribution in [2.45, 2.75) is 39.3 Å². The number of aryl methyl sites for hydroxylation is 1. The summed E-state index contributed by atoms with van der Waals surface area (Å²) < 4.78 is 0. The smallest absolute Gasteiger partial charge is 0.0331 e. The van der Waals surface area contributed by atoms with Crippen LogP contribution in [0, 0.1) is 5.92 Å². The Balaban J connectivity index is 1.98. The van der Waals surface area contributed by atoms with Crippen molar-refractivity contribution < 1.29 is 0 Å². The predicted octanol–water partition coefficient (Wildman–Crippen LogP) is 3.92. The second kappa shape index (κ2) is 5.65. The molecule has 0 N–H and O–H groups in total. The molecule has 2 rings (SSSR count). The predicted molar refractivity (Wildman–Crippen MR) is 75.5 cm³/mol. The molecule has 1 aliphatic heterocycles. The number of hydrogen-bond acceptors (Lipinski definition) is 2. The normalized spacial score (nSPS) is 26.4. The first kappa shape index (κ1) is 12.6. The van der Waals surface area contributed by atoms with Gasteiger partial charge in [-0.05, 0) is 37.4 Å². The van der Waals surface area contributed by atoms with E-state index in [9.17, 15) is 0 Å². The summed E-state index contributed by atoms with van der Waals surface area (Å²) in [5.74, 6) is 0.838. The molecule has 1 saturated heterocycles. The molecule has 1 aliphatic rings. The standard InChI is InChI=1S/C13H20BrNS/c1-3-11-4-5-12(16-11)9-15-7-6-10(2)13(15)8-14/h4-5,10,13H,3,6-9H2,1-2H3. The van der Waals surface area contributed by atoms with Gasteiger partial charge in [-0.25, -0.2) is 0 Å². The summed E-state index contributed by atoms with van der Waals surface area (Å²) in [5.41, 5.74) is 0. The van der Waals surface area contributed by atoms with Gasteiger partial charge in [0.1, 0.15) is 0 Å². The van der Waals surface area contributed by atoms with E-state index in [4.69, 9.17) is 0 Å². The zero-order valence-electron chi connectivity index (χ0n) is 10.1. The van der Waals surface area contributed by atoms with Gasteiger partial charge in [0.2, 0.25) is 0 Å². The molecule has 1 aromatic heterocycles. The third-order valence-corrected chi connectivity index (χ3v) is 5.46. The molecule has 0 saturated carbocycles. The van der Waals surface area contributed by atoms with Gasteiger partial charge < -0.3 is 0 Å². The maximum atomic E-state index is 3.65.